The van der Waals surface area contributed by atoms with Gasteiger partial charge >= 0.3 is 0 Å². The van der Waals surface area contributed by atoms with Gasteiger partial charge in [0.15, 0.2) is 5.65 Å². The second-order valence-corrected chi connectivity index (χ2v) is 6.31. The molecule has 3 rings (SSSR count). The van der Waals surface area contributed by atoms with Gasteiger partial charge in [-0.15, -0.1) is 0 Å². The Bertz CT molecular complexity index is 822. The van der Waals surface area contributed by atoms with Gasteiger partial charge in [-0.05, 0) is 25.1 Å². The lowest BCUT2D eigenvalue weighted by Gasteiger charge is -2.11. The summed E-state index contributed by atoms with van der Waals surface area (Å²) in [6.07, 6.45) is 2.99. The van der Waals surface area contributed by atoms with E-state index in [1.165, 1.54) is 18.1 Å². The fourth-order valence-electron chi connectivity index (χ4n) is 1.86. The van der Waals surface area contributed by atoms with Crippen LogP contribution in [0.4, 0.5) is 5.69 Å². The van der Waals surface area contributed by atoms with Gasteiger partial charge in [0.05, 0.1) is 11.6 Å². The van der Waals surface area contributed by atoms with E-state index in [0.717, 1.165) is 5.52 Å². The fraction of sp³-hybridized carbons (Fsp3) is 0.143. The molecule has 2 heterocycles. The maximum Gasteiger partial charge on any atom is 0.237 e. The average Bonchev–Trinajstić information content (AvgIpc) is 2.96. The van der Waals surface area contributed by atoms with E-state index in [4.69, 9.17) is 11.6 Å². The monoisotopic (exact) mass is 333 g/mol. The number of aromatic nitrogens is 4. The Morgan fingerprint density at radius 3 is 3.05 bits per heavy atom. The Kier molecular flexibility index (Phi) is 4.26. The van der Waals surface area contributed by atoms with Crippen molar-refractivity contribution in [2.45, 2.75) is 17.2 Å². The first kappa shape index (κ1) is 14.8. The maximum atomic E-state index is 12.3. The fourth-order valence-corrected chi connectivity index (χ4v) is 2.93. The molecule has 0 radical (unpaired) electrons. The minimum Gasteiger partial charge on any atom is -0.341 e. The van der Waals surface area contributed by atoms with Crippen molar-refractivity contribution < 1.29 is 4.79 Å². The SMILES string of the molecule is CC(Sc1ncnc2nc[nH]c12)C(=O)Nc1cccc(Cl)c1. The van der Waals surface area contributed by atoms with Crippen molar-refractivity contribution in [3.63, 3.8) is 0 Å². The highest BCUT2D eigenvalue weighted by atomic mass is 35.5. The van der Waals surface area contributed by atoms with E-state index in [0.29, 0.717) is 21.4 Å². The number of thioether (sulfide) groups is 1. The van der Waals surface area contributed by atoms with Crippen LogP contribution in [0, 0.1) is 0 Å². The number of H-pyrrole nitrogens is 1. The molecule has 112 valence electrons. The first-order chi connectivity index (χ1) is 10.6. The van der Waals surface area contributed by atoms with Gasteiger partial charge in [0.2, 0.25) is 5.91 Å². The smallest absolute Gasteiger partial charge is 0.237 e. The zero-order valence-corrected chi connectivity index (χ0v) is 13.1. The summed E-state index contributed by atoms with van der Waals surface area (Å²) in [6.45, 7) is 1.81. The number of benzene rings is 1. The van der Waals surface area contributed by atoms with E-state index in [1.54, 1.807) is 30.6 Å². The average molecular weight is 334 g/mol. The van der Waals surface area contributed by atoms with E-state index >= 15 is 0 Å². The molecule has 1 atom stereocenters. The first-order valence-corrected chi connectivity index (χ1v) is 7.76. The van der Waals surface area contributed by atoms with E-state index in [1.807, 2.05) is 6.92 Å². The topological polar surface area (TPSA) is 83.6 Å². The number of nitrogens with one attached hydrogen (secondary N) is 2. The maximum absolute atomic E-state index is 12.3. The van der Waals surface area contributed by atoms with Gasteiger partial charge in [-0.1, -0.05) is 29.4 Å². The number of hydrogen-bond acceptors (Lipinski definition) is 5. The zero-order chi connectivity index (χ0) is 15.5. The molecule has 2 aromatic heterocycles. The summed E-state index contributed by atoms with van der Waals surface area (Å²) in [4.78, 5) is 27.6. The van der Waals surface area contributed by atoms with Crippen molar-refractivity contribution in [2.24, 2.45) is 0 Å². The molecule has 0 aliphatic carbocycles. The minimum atomic E-state index is -0.333. The molecule has 2 N–H and O–H groups in total. The third-order valence-corrected chi connectivity index (χ3v) is 4.27. The number of aromatic amines is 1. The summed E-state index contributed by atoms with van der Waals surface area (Å²) < 4.78 is 0. The normalized spacial score (nSPS) is 12.3. The van der Waals surface area contributed by atoms with Crippen LogP contribution >= 0.6 is 23.4 Å². The lowest BCUT2D eigenvalue weighted by Crippen LogP contribution is -2.22. The Balaban J connectivity index is 1.72. The molecule has 22 heavy (non-hydrogen) atoms. The standard InChI is InChI=1S/C14H12ClN5OS/c1-8(13(21)20-10-4-2-3-9(15)5-10)22-14-11-12(17-6-16-11)18-7-19-14/h2-8H,1H3,(H,20,21)(H,16,17,18,19). The molecule has 8 heteroatoms. The number of amides is 1. The number of anilines is 1. The second-order valence-electron chi connectivity index (χ2n) is 4.54. The van der Waals surface area contributed by atoms with Crippen LogP contribution in [-0.4, -0.2) is 31.1 Å². The van der Waals surface area contributed by atoms with E-state index in [2.05, 4.69) is 25.3 Å². The Morgan fingerprint density at radius 1 is 1.36 bits per heavy atom. The van der Waals surface area contributed by atoms with Crippen molar-refractivity contribution in [3.8, 4) is 0 Å². The van der Waals surface area contributed by atoms with Gasteiger partial charge in [-0.25, -0.2) is 15.0 Å². The Labute approximate surface area is 135 Å². The number of nitrogens with zero attached hydrogens (tertiary/aromatic N) is 3. The molecule has 0 bridgehead atoms. The molecule has 1 amide bonds. The molecule has 3 aromatic rings. The van der Waals surface area contributed by atoms with Crippen molar-refractivity contribution >= 4 is 46.1 Å². The van der Waals surface area contributed by atoms with Crippen molar-refractivity contribution in [1.82, 2.24) is 19.9 Å². The quantitative estimate of drug-likeness (QED) is 0.566. The van der Waals surface area contributed by atoms with Crippen LogP contribution in [0.25, 0.3) is 11.2 Å². The van der Waals surface area contributed by atoms with Crippen LogP contribution < -0.4 is 5.32 Å². The number of imidazole rings is 1. The molecule has 0 spiro atoms. The Hall–Kier alpha value is -2.12. The molecule has 0 saturated carbocycles. The lowest BCUT2D eigenvalue weighted by atomic mass is 10.3. The van der Waals surface area contributed by atoms with Crippen LogP contribution in [-0.2, 0) is 4.79 Å². The molecule has 0 aliphatic heterocycles. The molecule has 6 nitrogen and oxygen atoms in total. The van der Waals surface area contributed by atoms with Crippen molar-refractivity contribution in [1.29, 1.82) is 0 Å². The Morgan fingerprint density at radius 2 is 2.23 bits per heavy atom. The number of carbonyl (C=O) groups excluding carboxylic acids is 1. The number of halogens is 1. The molecule has 0 saturated heterocycles. The first-order valence-electron chi connectivity index (χ1n) is 6.50. The highest BCUT2D eigenvalue weighted by Crippen LogP contribution is 2.27. The van der Waals surface area contributed by atoms with Crippen molar-refractivity contribution in [2.75, 3.05) is 5.32 Å². The predicted octanol–water partition coefficient (Wildman–Crippen LogP) is 3.13. The zero-order valence-electron chi connectivity index (χ0n) is 11.6. The summed E-state index contributed by atoms with van der Waals surface area (Å²) in [7, 11) is 0. The number of hydrogen-bond donors (Lipinski definition) is 2. The molecular weight excluding hydrogens is 322 g/mol. The van der Waals surface area contributed by atoms with E-state index in [-0.39, 0.29) is 11.2 Å². The summed E-state index contributed by atoms with van der Waals surface area (Å²) in [6, 6.07) is 7.03. The molecule has 0 aliphatic rings. The van der Waals surface area contributed by atoms with Gasteiger partial charge < -0.3 is 10.3 Å². The van der Waals surface area contributed by atoms with Crippen LogP contribution in [0.3, 0.4) is 0 Å². The van der Waals surface area contributed by atoms with Gasteiger partial charge in [0.1, 0.15) is 16.9 Å². The third-order valence-electron chi connectivity index (χ3n) is 2.94. The van der Waals surface area contributed by atoms with Crippen LogP contribution in [0.2, 0.25) is 5.02 Å². The molecule has 1 unspecified atom stereocenters. The van der Waals surface area contributed by atoms with Crippen LogP contribution in [0.5, 0.6) is 0 Å². The minimum absolute atomic E-state index is 0.126. The largest absolute Gasteiger partial charge is 0.341 e. The van der Waals surface area contributed by atoms with Gasteiger partial charge in [0.25, 0.3) is 0 Å². The number of fused-ring (bicyclic) bond motifs is 1. The molecular formula is C14H12ClN5OS. The van der Waals surface area contributed by atoms with Gasteiger partial charge in [-0.3, -0.25) is 4.79 Å². The lowest BCUT2D eigenvalue weighted by molar-refractivity contribution is -0.115. The van der Waals surface area contributed by atoms with Crippen LogP contribution in [0.1, 0.15) is 6.92 Å². The summed E-state index contributed by atoms with van der Waals surface area (Å²) in [5.41, 5.74) is 1.98. The molecule has 1 aromatic carbocycles. The number of carbonyl (C=O) groups is 1. The van der Waals surface area contributed by atoms with Gasteiger partial charge in [-0.2, -0.15) is 0 Å². The highest BCUT2D eigenvalue weighted by Gasteiger charge is 2.18. The summed E-state index contributed by atoms with van der Waals surface area (Å²) in [5, 5.41) is 3.77. The second kappa shape index (κ2) is 6.33. The summed E-state index contributed by atoms with van der Waals surface area (Å²) >= 11 is 7.25. The summed E-state index contributed by atoms with van der Waals surface area (Å²) in [5.74, 6) is -0.126. The van der Waals surface area contributed by atoms with Crippen LogP contribution in [0.15, 0.2) is 41.9 Å². The predicted molar refractivity (Wildman–Crippen MR) is 87.1 cm³/mol. The van der Waals surface area contributed by atoms with Crippen molar-refractivity contribution in [3.05, 3.63) is 41.9 Å². The number of rotatable bonds is 4. The highest BCUT2D eigenvalue weighted by molar-refractivity contribution is 8.00. The van der Waals surface area contributed by atoms with E-state index < -0.39 is 0 Å². The molecule has 0 fully saturated rings. The third kappa shape index (κ3) is 3.20. The van der Waals surface area contributed by atoms with Gasteiger partial charge in [0, 0.05) is 10.7 Å². The van der Waals surface area contributed by atoms with E-state index in [9.17, 15) is 4.79 Å².